The molecule has 0 bridgehead atoms. The van der Waals surface area contributed by atoms with Gasteiger partial charge in [0, 0.05) is 18.1 Å². The lowest BCUT2D eigenvalue weighted by molar-refractivity contribution is 0.418. The maximum atomic E-state index is 10.6. The molecule has 1 aromatic carbocycles. The zero-order valence-corrected chi connectivity index (χ0v) is 18.6. The molecule has 25 heavy (non-hydrogen) atoms. The summed E-state index contributed by atoms with van der Waals surface area (Å²) >= 11 is 0. The van der Waals surface area contributed by atoms with E-state index in [4.69, 9.17) is 0 Å². The summed E-state index contributed by atoms with van der Waals surface area (Å²) < 4.78 is 4.99. The molecule has 0 radical (unpaired) electrons. The van der Waals surface area contributed by atoms with Crippen molar-refractivity contribution in [2.45, 2.75) is 67.4 Å². The quantitative estimate of drug-likeness (QED) is 0.635. The van der Waals surface area contributed by atoms with Gasteiger partial charge >= 0.3 is 8.40 Å². The zero-order valence-electron chi connectivity index (χ0n) is 17.6. The highest BCUT2D eigenvalue weighted by Crippen LogP contribution is 2.53. The fourth-order valence-electron chi connectivity index (χ4n) is 3.86. The Hall–Kier alpha value is -1.47. The van der Waals surface area contributed by atoms with E-state index in [1.54, 1.807) is 0 Å². The molecule has 1 heterocycles. The van der Waals surface area contributed by atoms with E-state index in [1.807, 2.05) is 0 Å². The molecule has 0 N–H and O–H groups in total. The van der Waals surface area contributed by atoms with Crippen LogP contribution in [0.3, 0.4) is 0 Å². The third kappa shape index (κ3) is 3.58. The molecule has 0 aliphatic carbocycles. The lowest BCUT2D eigenvalue weighted by Crippen LogP contribution is -2.69. The summed E-state index contributed by atoms with van der Waals surface area (Å²) in [6.45, 7) is 22.1. The Labute approximate surface area is 155 Å². The summed E-state index contributed by atoms with van der Waals surface area (Å²) in [5, 5.41) is 10.5. The zero-order chi connectivity index (χ0) is 19.3. The van der Waals surface area contributed by atoms with Crippen LogP contribution in [0.25, 0.3) is 0 Å². The molecule has 2 rings (SSSR count). The first kappa shape index (κ1) is 19.8. The summed E-state index contributed by atoms with van der Waals surface area (Å²) in [4.78, 5) is 0. The lowest BCUT2D eigenvalue weighted by Gasteiger charge is -2.49. The third-order valence-electron chi connectivity index (χ3n) is 4.71. The van der Waals surface area contributed by atoms with Gasteiger partial charge in [0.25, 0.3) is 0 Å². The third-order valence-corrected chi connectivity index (χ3v) is 9.48. The highest BCUT2D eigenvalue weighted by molar-refractivity contribution is 6.96. The van der Waals surface area contributed by atoms with Crippen LogP contribution in [-0.2, 0) is 0 Å². The number of nitriles is 1. The van der Waals surface area contributed by atoms with Crippen molar-refractivity contribution in [1.82, 2.24) is 0 Å². The topological polar surface area (TPSA) is 30.3 Å². The number of hydrogen-bond donors (Lipinski definition) is 0. The maximum absolute atomic E-state index is 10.6. The van der Waals surface area contributed by atoms with E-state index < -0.39 is 8.40 Å². The molecule has 0 fully saturated rings. The molecular formula is C21H35N3Si. The number of nitrogens with zero attached hydrogens (tertiary/aromatic N) is 3. The van der Waals surface area contributed by atoms with Gasteiger partial charge in [-0.15, -0.1) is 0 Å². The van der Waals surface area contributed by atoms with Crippen molar-refractivity contribution in [3.05, 3.63) is 24.3 Å². The molecule has 0 amide bonds. The Balaban J connectivity index is 2.74. The molecule has 0 atom stereocenters. The summed E-state index contributed by atoms with van der Waals surface area (Å²) in [5.74, 6) is 0. The molecule has 1 aliphatic rings. The van der Waals surface area contributed by atoms with E-state index in [9.17, 15) is 5.26 Å². The Morgan fingerprint density at radius 3 is 1.40 bits per heavy atom. The van der Waals surface area contributed by atoms with Gasteiger partial charge in [-0.05, 0) is 23.0 Å². The second-order valence-corrected chi connectivity index (χ2v) is 15.0. The molecular weight excluding hydrogens is 322 g/mol. The van der Waals surface area contributed by atoms with Crippen LogP contribution in [0.2, 0.25) is 5.04 Å². The molecule has 0 spiro atoms. The second kappa shape index (κ2) is 6.05. The summed E-state index contributed by atoms with van der Waals surface area (Å²) in [6, 6.07) is 8.62. The monoisotopic (exact) mass is 357 g/mol. The smallest absolute Gasteiger partial charge is 0.368 e. The van der Waals surface area contributed by atoms with Crippen LogP contribution in [0, 0.1) is 21.8 Å². The Kier molecular flexibility index (Phi) is 4.81. The van der Waals surface area contributed by atoms with Crippen molar-refractivity contribution in [3.63, 3.8) is 0 Å². The van der Waals surface area contributed by atoms with Crippen molar-refractivity contribution in [2.75, 3.05) is 22.2 Å². The van der Waals surface area contributed by atoms with Crippen LogP contribution in [0.1, 0.15) is 62.3 Å². The standard InChI is InChI=1S/C21H35N3Si/c1-19(2,3)14-23-17-12-10-11-13-18(17)24(15-20(4,5)6)25(23,16-22)21(7,8)9/h10-13H,14-15H2,1-9H3. The minimum Gasteiger partial charge on any atom is -0.368 e. The van der Waals surface area contributed by atoms with E-state index >= 15 is 0 Å². The first-order valence-corrected chi connectivity index (χ1v) is 11.2. The van der Waals surface area contributed by atoms with Gasteiger partial charge in [-0.25, -0.2) is 5.26 Å². The van der Waals surface area contributed by atoms with Crippen molar-refractivity contribution in [2.24, 2.45) is 10.8 Å². The Morgan fingerprint density at radius 1 is 0.800 bits per heavy atom. The first-order valence-electron chi connectivity index (χ1n) is 9.28. The van der Waals surface area contributed by atoms with Gasteiger partial charge in [-0.1, -0.05) is 74.4 Å². The normalized spacial score (nSPS) is 17.4. The molecule has 0 saturated heterocycles. The highest BCUT2D eigenvalue weighted by atomic mass is 28.3. The van der Waals surface area contributed by atoms with Gasteiger partial charge in [-0.3, -0.25) is 0 Å². The minimum atomic E-state index is -2.62. The van der Waals surface area contributed by atoms with Crippen LogP contribution in [0.15, 0.2) is 24.3 Å². The molecule has 1 aliphatic heterocycles. The van der Waals surface area contributed by atoms with Crippen LogP contribution in [-0.4, -0.2) is 21.5 Å². The molecule has 0 saturated carbocycles. The van der Waals surface area contributed by atoms with Gasteiger partial charge < -0.3 is 9.13 Å². The number of para-hydroxylation sites is 2. The van der Waals surface area contributed by atoms with Crippen LogP contribution >= 0.6 is 0 Å². The van der Waals surface area contributed by atoms with Crippen LogP contribution in [0.5, 0.6) is 0 Å². The number of hydrogen-bond acceptors (Lipinski definition) is 3. The molecule has 3 nitrogen and oxygen atoms in total. The largest absolute Gasteiger partial charge is 0.384 e. The van der Waals surface area contributed by atoms with Crippen molar-refractivity contribution < 1.29 is 0 Å². The van der Waals surface area contributed by atoms with Crippen molar-refractivity contribution >= 4 is 19.8 Å². The number of anilines is 2. The Morgan fingerprint density at radius 2 is 1.16 bits per heavy atom. The molecule has 1 aromatic rings. The van der Waals surface area contributed by atoms with Gasteiger partial charge in [-0.2, -0.15) is 0 Å². The average molecular weight is 358 g/mol. The fourth-order valence-corrected chi connectivity index (χ4v) is 8.83. The highest BCUT2D eigenvalue weighted by Gasteiger charge is 2.62. The molecule has 0 aromatic heterocycles. The first-order chi connectivity index (χ1) is 11.2. The van der Waals surface area contributed by atoms with Gasteiger partial charge in [0.2, 0.25) is 0 Å². The predicted octanol–water partition coefficient (Wildman–Crippen LogP) is 5.71. The molecule has 0 unspecified atom stereocenters. The van der Waals surface area contributed by atoms with Gasteiger partial charge in [0.1, 0.15) is 0 Å². The lowest BCUT2D eigenvalue weighted by atomic mass is 9.96. The van der Waals surface area contributed by atoms with E-state index in [2.05, 4.69) is 101 Å². The predicted molar refractivity (Wildman–Crippen MR) is 111 cm³/mol. The summed E-state index contributed by atoms with van der Waals surface area (Å²) in [7, 11) is -2.62. The Bertz CT molecular complexity index is 625. The minimum absolute atomic E-state index is 0.0860. The molecule has 138 valence electrons. The number of benzene rings is 1. The fraction of sp³-hybridized carbons (Fsp3) is 0.667. The summed E-state index contributed by atoms with van der Waals surface area (Å²) in [6.07, 6.45) is 0. The summed E-state index contributed by atoms with van der Waals surface area (Å²) in [5.41, 5.74) is 5.64. The second-order valence-electron chi connectivity index (χ2n) is 10.8. The van der Waals surface area contributed by atoms with E-state index in [1.165, 1.54) is 11.4 Å². The van der Waals surface area contributed by atoms with Crippen LogP contribution < -0.4 is 9.13 Å². The van der Waals surface area contributed by atoms with E-state index in [0.29, 0.717) is 0 Å². The number of rotatable bonds is 2. The SMILES string of the molecule is CC(C)(C)CN1c2ccccc2N(CC(C)(C)C)[Si]1(C#N)C(C)(C)C. The van der Waals surface area contributed by atoms with Crippen molar-refractivity contribution in [3.8, 4) is 5.69 Å². The van der Waals surface area contributed by atoms with Crippen LogP contribution in [0.4, 0.5) is 11.4 Å². The van der Waals surface area contributed by atoms with Gasteiger partial charge in [0.05, 0.1) is 17.1 Å². The maximum Gasteiger partial charge on any atom is 0.384 e. The van der Waals surface area contributed by atoms with Crippen molar-refractivity contribution in [1.29, 1.82) is 5.26 Å². The van der Waals surface area contributed by atoms with E-state index in [-0.39, 0.29) is 15.9 Å². The molecule has 4 heteroatoms. The number of fused-ring (bicyclic) bond motifs is 1. The average Bonchev–Trinajstić information content (AvgIpc) is 2.66. The van der Waals surface area contributed by atoms with Gasteiger partial charge in [0.15, 0.2) is 0 Å². The van der Waals surface area contributed by atoms with E-state index in [0.717, 1.165) is 13.1 Å².